The number of carbonyl (C=O) groups excluding carboxylic acids is 4. The second kappa shape index (κ2) is 8.76. The number of nitrogens with zero attached hydrogens (tertiary/aromatic N) is 1. The normalized spacial score (nSPS) is 26.4. The first-order valence-corrected chi connectivity index (χ1v) is 11.1. The number of ether oxygens (including phenoxy) is 2. The van der Waals surface area contributed by atoms with E-state index in [1.165, 1.54) is 0 Å². The summed E-state index contributed by atoms with van der Waals surface area (Å²) < 4.78 is 10.6. The van der Waals surface area contributed by atoms with Crippen LogP contribution in [0.2, 0.25) is 0 Å². The molecule has 32 heavy (non-hydrogen) atoms. The first-order valence-electron chi connectivity index (χ1n) is 11.1. The molecule has 1 heterocycles. The summed E-state index contributed by atoms with van der Waals surface area (Å²) in [5, 5.41) is 2.65. The van der Waals surface area contributed by atoms with Crippen molar-refractivity contribution in [3.63, 3.8) is 0 Å². The quantitative estimate of drug-likeness (QED) is 0.378. The SMILES string of the molecule is CCOc1ccc(NC(=O)COC(=O)[C@H](C(C)C)N2C(=O)[C@H]3[C@H](C2=O)[C@H]2C=C[C@H]3C2)cc1. The highest BCUT2D eigenvalue weighted by atomic mass is 16.5. The maximum absolute atomic E-state index is 13.1. The number of benzene rings is 1. The van der Waals surface area contributed by atoms with Crippen LogP contribution in [0.3, 0.4) is 0 Å². The van der Waals surface area contributed by atoms with E-state index < -0.39 is 24.5 Å². The molecule has 0 radical (unpaired) electrons. The molecule has 2 aliphatic carbocycles. The minimum Gasteiger partial charge on any atom is -0.494 e. The molecule has 1 saturated heterocycles. The van der Waals surface area contributed by atoms with Gasteiger partial charge < -0.3 is 14.8 Å². The van der Waals surface area contributed by atoms with Gasteiger partial charge in [-0.25, -0.2) is 4.79 Å². The Morgan fingerprint density at radius 2 is 1.66 bits per heavy atom. The smallest absolute Gasteiger partial charge is 0.330 e. The summed E-state index contributed by atoms with van der Waals surface area (Å²) in [5.74, 6) is -2.14. The van der Waals surface area contributed by atoms with E-state index in [1.54, 1.807) is 38.1 Å². The number of allylic oxidation sites excluding steroid dienone is 2. The van der Waals surface area contributed by atoms with Crippen LogP contribution in [-0.2, 0) is 23.9 Å². The lowest BCUT2D eigenvalue weighted by Gasteiger charge is -2.28. The van der Waals surface area contributed by atoms with E-state index >= 15 is 0 Å². The van der Waals surface area contributed by atoms with Gasteiger partial charge in [-0.2, -0.15) is 0 Å². The predicted octanol–water partition coefficient (Wildman–Crippen LogP) is 2.40. The molecule has 0 aromatic heterocycles. The summed E-state index contributed by atoms with van der Waals surface area (Å²) in [7, 11) is 0. The van der Waals surface area contributed by atoms with Gasteiger partial charge in [-0.15, -0.1) is 0 Å². The minimum atomic E-state index is -1.04. The molecule has 3 amide bonds. The van der Waals surface area contributed by atoms with E-state index in [1.807, 2.05) is 19.1 Å². The molecule has 170 valence electrons. The Morgan fingerprint density at radius 1 is 1.06 bits per heavy atom. The average molecular weight is 440 g/mol. The third kappa shape index (κ3) is 3.89. The largest absolute Gasteiger partial charge is 0.494 e. The van der Waals surface area contributed by atoms with Crippen LogP contribution in [0.5, 0.6) is 5.75 Å². The minimum absolute atomic E-state index is 0.0650. The summed E-state index contributed by atoms with van der Waals surface area (Å²) in [6.45, 7) is 5.43. The molecular weight excluding hydrogens is 412 g/mol. The van der Waals surface area contributed by atoms with Crippen molar-refractivity contribution in [3.05, 3.63) is 36.4 Å². The highest BCUT2D eigenvalue weighted by Crippen LogP contribution is 2.53. The maximum atomic E-state index is 13.1. The number of nitrogens with one attached hydrogen (secondary N) is 1. The molecule has 0 spiro atoms. The number of hydrogen-bond donors (Lipinski definition) is 1. The van der Waals surface area contributed by atoms with Gasteiger partial charge in [0, 0.05) is 5.69 Å². The Bertz CT molecular complexity index is 924. The highest BCUT2D eigenvalue weighted by molar-refractivity contribution is 6.09. The molecule has 2 fully saturated rings. The summed E-state index contributed by atoms with van der Waals surface area (Å²) in [4.78, 5) is 52.3. The van der Waals surface area contributed by atoms with E-state index in [0.717, 1.165) is 11.3 Å². The fourth-order valence-electron chi connectivity index (χ4n) is 5.10. The molecule has 5 atom stereocenters. The molecule has 1 N–H and O–H groups in total. The number of imide groups is 1. The average Bonchev–Trinajstić information content (AvgIpc) is 3.44. The Morgan fingerprint density at radius 3 is 2.19 bits per heavy atom. The number of amides is 3. The van der Waals surface area contributed by atoms with Crippen molar-refractivity contribution >= 4 is 29.4 Å². The van der Waals surface area contributed by atoms with E-state index in [-0.39, 0.29) is 41.4 Å². The zero-order valence-corrected chi connectivity index (χ0v) is 18.4. The van der Waals surface area contributed by atoms with Crippen molar-refractivity contribution in [2.45, 2.75) is 33.2 Å². The van der Waals surface area contributed by atoms with Gasteiger partial charge in [-0.3, -0.25) is 19.3 Å². The van der Waals surface area contributed by atoms with Gasteiger partial charge >= 0.3 is 5.97 Å². The summed E-state index contributed by atoms with van der Waals surface area (Å²) in [6, 6.07) is 5.78. The molecule has 2 bridgehead atoms. The maximum Gasteiger partial charge on any atom is 0.330 e. The van der Waals surface area contributed by atoms with Crippen LogP contribution >= 0.6 is 0 Å². The standard InChI is InChI=1S/C24H28N2O6/c1-4-31-17-9-7-16(8-10-17)25-18(27)12-32-24(30)21(13(2)3)26-22(28)19-14-5-6-15(11-14)20(19)23(26)29/h5-10,13-15,19-21H,4,11-12H2,1-3H3,(H,25,27)/t14-,15-,19+,20+,21-/m0/s1. The monoisotopic (exact) mass is 440 g/mol. The number of rotatable bonds is 8. The van der Waals surface area contributed by atoms with E-state index in [0.29, 0.717) is 18.0 Å². The van der Waals surface area contributed by atoms with Crippen LogP contribution in [0.25, 0.3) is 0 Å². The van der Waals surface area contributed by atoms with E-state index in [4.69, 9.17) is 9.47 Å². The number of hydrogen-bond acceptors (Lipinski definition) is 6. The first kappa shape index (κ1) is 22.0. The Kier molecular flexibility index (Phi) is 6.04. The van der Waals surface area contributed by atoms with Crippen LogP contribution in [0.1, 0.15) is 27.2 Å². The van der Waals surface area contributed by atoms with Crippen molar-refractivity contribution in [1.82, 2.24) is 4.90 Å². The molecule has 0 unspecified atom stereocenters. The lowest BCUT2D eigenvalue weighted by atomic mass is 9.85. The highest BCUT2D eigenvalue weighted by Gasteiger charge is 2.61. The number of likely N-dealkylation sites (tertiary alicyclic amines) is 1. The topological polar surface area (TPSA) is 102 Å². The molecule has 1 aromatic rings. The van der Waals surface area contributed by atoms with Crippen LogP contribution in [-0.4, -0.2) is 47.8 Å². The van der Waals surface area contributed by atoms with Crippen LogP contribution in [0, 0.1) is 29.6 Å². The predicted molar refractivity (Wildman–Crippen MR) is 115 cm³/mol. The Hall–Kier alpha value is -3.16. The lowest BCUT2D eigenvalue weighted by Crippen LogP contribution is -2.50. The van der Waals surface area contributed by atoms with Crippen molar-refractivity contribution in [3.8, 4) is 5.75 Å². The van der Waals surface area contributed by atoms with Crippen molar-refractivity contribution in [2.24, 2.45) is 29.6 Å². The number of anilines is 1. The summed E-state index contributed by atoms with van der Waals surface area (Å²) in [6.07, 6.45) is 4.84. The lowest BCUT2D eigenvalue weighted by molar-refractivity contribution is -0.162. The summed E-state index contributed by atoms with van der Waals surface area (Å²) in [5.41, 5.74) is 0.538. The zero-order chi connectivity index (χ0) is 23.0. The molecule has 4 rings (SSSR count). The molecule has 1 aliphatic heterocycles. The molecule has 1 saturated carbocycles. The number of carbonyl (C=O) groups is 4. The molecule has 8 nitrogen and oxygen atoms in total. The Balaban J connectivity index is 1.37. The van der Waals surface area contributed by atoms with Crippen LogP contribution in [0.15, 0.2) is 36.4 Å². The molecule has 8 heteroatoms. The molecule has 1 aromatic carbocycles. The van der Waals surface area contributed by atoms with Gasteiger partial charge in [0.15, 0.2) is 6.61 Å². The second-order valence-corrected chi connectivity index (χ2v) is 8.85. The Labute approximate surface area is 186 Å². The van der Waals surface area contributed by atoms with Gasteiger partial charge in [0.2, 0.25) is 11.8 Å². The van der Waals surface area contributed by atoms with Crippen LogP contribution in [0.4, 0.5) is 5.69 Å². The van der Waals surface area contributed by atoms with Gasteiger partial charge in [0.05, 0.1) is 18.4 Å². The number of esters is 1. The fourth-order valence-corrected chi connectivity index (χ4v) is 5.10. The number of fused-ring (bicyclic) bond motifs is 5. The molecule has 3 aliphatic rings. The van der Waals surface area contributed by atoms with Crippen molar-refractivity contribution in [1.29, 1.82) is 0 Å². The molecular formula is C24H28N2O6. The van der Waals surface area contributed by atoms with Gasteiger partial charge in [-0.1, -0.05) is 26.0 Å². The first-order chi connectivity index (χ1) is 15.3. The summed E-state index contributed by atoms with van der Waals surface area (Å²) >= 11 is 0. The van der Waals surface area contributed by atoms with Gasteiger partial charge in [0.25, 0.3) is 5.91 Å². The fraction of sp³-hybridized carbons (Fsp3) is 0.500. The second-order valence-electron chi connectivity index (χ2n) is 8.85. The third-order valence-electron chi connectivity index (χ3n) is 6.45. The van der Waals surface area contributed by atoms with Gasteiger partial charge in [-0.05, 0) is 55.4 Å². The third-order valence-corrected chi connectivity index (χ3v) is 6.45. The van der Waals surface area contributed by atoms with E-state index in [9.17, 15) is 19.2 Å². The van der Waals surface area contributed by atoms with Crippen molar-refractivity contribution < 1.29 is 28.7 Å². The van der Waals surface area contributed by atoms with Crippen LogP contribution < -0.4 is 10.1 Å². The zero-order valence-electron chi connectivity index (χ0n) is 18.4. The van der Waals surface area contributed by atoms with Crippen molar-refractivity contribution in [2.75, 3.05) is 18.5 Å². The van der Waals surface area contributed by atoms with E-state index in [2.05, 4.69) is 5.32 Å². The van der Waals surface area contributed by atoms with Gasteiger partial charge in [0.1, 0.15) is 11.8 Å².